The van der Waals surface area contributed by atoms with E-state index >= 15 is 0 Å². The Bertz CT molecular complexity index is 769. The Labute approximate surface area is 134 Å². The van der Waals surface area contributed by atoms with Crippen LogP contribution in [0.4, 0.5) is 11.5 Å². The normalized spacial score (nSPS) is 17.1. The highest BCUT2D eigenvalue weighted by atomic mass is 16.5. The number of anilines is 2. The highest BCUT2D eigenvalue weighted by molar-refractivity contribution is 6.10. The second kappa shape index (κ2) is 5.22. The van der Waals surface area contributed by atoms with Crippen LogP contribution in [0.3, 0.4) is 0 Å². The molecule has 1 fully saturated rings. The summed E-state index contributed by atoms with van der Waals surface area (Å²) in [7, 11) is 1.49. The number of hydrogen-bond donors (Lipinski definition) is 1. The van der Waals surface area contributed by atoms with Crippen LogP contribution < -0.4 is 15.4 Å². The van der Waals surface area contributed by atoms with Crippen LogP contribution in [0.15, 0.2) is 24.3 Å². The molecule has 0 bridgehead atoms. The third-order valence-corrected chi connectivity index (χ3v) is 4.46. The summed E-state index contributed by atoms with van der Waals surface area (Å²) in [6.07, 6.45) is 3.17. The molecule has 1 saturated carbocycles. The second-order valence-corrected chi connectivity index (χ2v) is 5.99. The molecule has 2 aromatic rings. The van der Waals surface area contributed by atoms with Gasteiger partial charge in [0.05, 0.1) is 12.8 Å². The SMILES string of the molecule is COc1nc(N)c2c(n1)CCN(c1ccc(C3CC3)cc1)C2=O. The number of amides is 1. The Hall–Kier alpha value is -2.63. The molecular weight excluding hydrogens is 292 g/mol. The zero-order chi connectivity index (χ0) is 16.0. The lowest BCUT2D eigenvalue weighted by atomic mass is 10.0. The maximum absolute atomic E-state index is 12.8. The number of carbonyl (C=O) groups excluding carboxylic acids is 1. The fraction of sp³-hybridized carbons (Fsp3) is 0.353. The van der Waals surface area contributed by atoms with Gasteiger partial charge >= 0.3 is 6.01 Å². The van der Waals surface area contributed by atoms with Gasteiger partial charge in [-0.2, -0.15) is 9.97 Å². The van der Waals surface area contributed by atoms with E-state index in [4.69, 9.17) is 10.5 Å². The third-order valence-electron chi connectivity index (χ3n) is 4.46. The Morgan fingerprint density at radius 3 is 2.61 bits per heavy atom. The van der Waals surface area contributed by atoms with Gasteiger partial charge in [-0.3, -0.25) is 4.79 Å². The zero-order valence-electron chi connectivity index (χ0n) is 13.0. The predicted molar refractivity (Wildman–Crippen MR) is 86.8 cm³/mol. The molecule has 0 unspecified atom stereocenters. The first-order chi connectivity index (χ1) is 11.2. The molecule has 1 aliphatic heterocycles. The van der Waals surface area contributed by atoms with Crippen LogP contribution in [-0.2, 0) is 6.42 Å². The molecule has 0 saturated heterocycles. The minimum absolute atomic E-state index is 0.148. The fourth-order valence-corrected chi connectivity index (χ4v) is 3.05. The lowest BCUT2D eigenvalue weighted by molar-refractivity contribution is 0.0980. The number of hydrogen-bond acceptors (Lipinski definition) is 5. The molecule has 4 rings (SSSR count). The van der Waals surface area contributed by atoms with Gasteiger partial charge in [-0.1, -0.05) is 12.1 Å². The summed E-state index contributed by atoms with van der Waals surface area (Å²) in [6, 6.07) is 8.46. The first-order valence-electron chi connectivity index (χ1n) is 7.79. The van der Waals surface area contributed by atoms with E-state index in [-0.39, 0.29) is 17.7 Å². The van der Waals surface area contributed by atoms with Crippen molar-refractivity contribution in [3.05, 3.63) is 41.1 Å². The van der Waals surface area contributed by atoms with E-state index in [0.717, 1.165) is 5.69 Å². The molecule has 1 amide bonds. The van der Waals surface area contributed by atoms with Gasteiger partial charge < -0.3 is 15.4 Å². The van der Waals surface area contributed by atoms with Gasteiger partial charge in [0.25, 0.3) is 5.91 Å². The number of nitrogen functional groups attached to an aromatic ring is 1. The van der Waals surface area contributed by atoms with Crippen LogP contribution in [0, 0.1) is 0 Å². The molecule has 6 heteroatoms. The maximum atomic E-state index is 12.8. The molecule has 0 radical (unpaired) electrons. The van der Waals surface area contributed by atoms with E-state index in [9.17, 15) is 4.79 Å². The quantitative estimate of drug-likeness (QED) is 0.939. The topological polar surface area (TPSA) is 81.3 Å². The van der Waals surface area contributed by atoms with Gasteiger partial charge in [-0.25, -0.2) is 0 Å². The summed E-state index contributed by atoms with van der Waals surface area (Å²) in [5.74, 6) is 0.736. The van der Waals surface area contributed by atoms with E-state index in [2.05, 4.69) is 22.1 Å². The van der Waals surface area contributed by atoms with Gasteiger partial charge in [0.1, 0.15) is 11.4 Å². The minimum Gasteiger partial charge on any atom is -0.467 e. The van der Waals surface area contributed by atoms with Crippen molar-refractivity contribution in [2.75, 3.05) is 24.3 Å². The number of nitrogens with zero attached hydrogens (tertiary/aromatic N) is 3. The van der Waals surface area contributed by atoms with Gasteiger partial charge in [0, 0.05) is 18.7 Å². The number of fused-ring (bicyclic) bond motifs is 1. The van der Waals surface area contributed by atoms with Gasteiger partial charge in [-0.15, -0.1) is 0 Å². The number of benzene rings is 1. The van der Waals surface area contributed by atoms with Crippen LogP contribution in [0.25, 0.3) is 0 Å². The van der Waals surface area contributed by atoms with E-state index in [1.165, 1.54) is 25.5 Å². The number of rotatable bonds is 3. The number of carbonyl (C=O) groups is 1. The summed E-state index contributed by atoms with van der Waals surface area (Å²) >= 11 is 0. The van der Waals surface area contributed by atoms with Crippen molar-refractivity contribution in [3.63, 3.8) is 0 Å². The number of aromatic nitrogens is 2. The fourth-order valence-electron chi connectivity index (χ4n) is 3.05. The average molecular weight is 310 g/mol. The summed E-state index contributed by atoms with van der Waals surface area (Å²) < 4.78 is 5.02. The van der Waals surface area contributed by atoms with Crippen molar-refractivity contribution < 1.29 is 9.53 Å². The summed E-state index contributed by atoms with van der Waals surface area (Å²) in [5, 5.41) is 0. The smallest absolute Gasteiger partial charge is 0.318 e. The molecule has 118 valence electrons. The molecule has 0 atom stereocenters. The van der Waals surface area contributed by atoms with Crippen LogP contribution >= 0.6 is 0 Å². The standard InChI is InChI=1S/C17H18N4O2/c1-23-17-19-13-8-9-21(16(22)14(13)15(18)20-17)12-6-4-11(5-7-12)10-2-3-10/h4-7,10H,2-3,8-9H2,1H3,(H2,18,19,20). The monoisotopic (exact) mass is 310 g/mol. The first-order valence-corrected chi connectivity index (χ1v) is 7.79. The lowest BCUT2D eigenvalue weighted by Gasteiger charge is -2.28. The lowest BCUT2D eigenvalue weighted by Crippen LogP contribution is -2.39. The summed E-state index contributed by atoms with van der Waals surface area (Å²) in [5.41, 5.74) is 9.23. The van der Waals surface area contributed by atoms with Crippen molar-refractivity contribution in [1.82, 2.24) is 9.97 Å². The van der Waals surface area contributed by atoms with Crippen LogP contribution in [0.2, 0.25) is 0 Å². The minimum atomic E-state index is -0.148. The molecule has 2 aliphatic rings. The molecule has 2 N–H and O–H groups in total. The third kappa shape index (κ3) is 2.40. The van der Waals surface area contributed by atoms with Gasteiger partial charge in [-0.05, 0) is 36.5 Å². The number of methoxy groups -OCH3 is 1. The highest BCUT2D eigenvalue weighted by Crippen LogP contribution is 2.40. The van der Waals surface area contributed by atoms with Crippen molar-refractivity contribution in [3.8, 4) is 6.01 Å². The number of nitrogens with two attached hydrogens (primary N) is 1. The zero-order valence-corrected chi connectivity index (χ0v) is 13.0. The summed E-state index contributed by atoms with van der Waals surface area (Å²) in [4.78, 5) is 22.8. The molecule has 6 nitrogen and oxygen atoms in total. The maximum Gasteiger partial charge on any atom is 0.318 e. The van der Waals surface area contributed by atoms with Crippen molar-refractivity contribution in [1.29, 1.82) is 0 Å². The molecule has 23 heavy (non-hydrogen) atoms. The molecule has 1 aromatic carbocycles. The molecular formula is C17H18N4O2. The van der Waals surface area contributed by atoms with Crippen molar-refractivity contribution >= 4 is 17.4 Å². The van der Waals surface area contributed by atoms with E-state index in [0.29, 0.717) is 30.1 Å². The van der Waals surface area contributed by atoms with E-state index < -0.39 is 0 Å². The molecule has 0 spiro atoms. The van der Waals surface area contributed by atoms with Crippen LogP contribution in [0.1, 0.15) is 40.4 Å². The van der Waals surface area contributed by atoms with Crippen molar-refractivity contribution in [2.24, 2.45) is 0 Å². The Morgan fingerprint density at radius 2 is 1.96 bits per heavy atom. The van der Waals surface area contributed by atoms with Crippen LogP contribution in [0.5, 0.6) is 6.01 Å². The largest absolute Gasteiger partial charge is 0.467 e. The Balaban J connectivity index is 1.66. The first kappa shape index (κ1) is 14.0. The number of ether oxygens (including phenoxy) is 1. The van der Waals surface area contributed by atoms with E-state index in [1.54, 1.807) is 4.90 Å². The van der Waals surface area contributed by atoms with Crippen LogP contribution in [-0.4, -0.2) is 29.5 Å². The Morgan fingerprint density at radius 1 is 1.22 bits per heavy atom. The van der Waals surface area contributed by atoms with Gasteiger partial charge in [0.2, 0.25) is 0 Å². The summed E-state index contributed by atoms with van der Waals surface area (Å²) in [6.45, 7) is 0.578. The molecule has 1 aliphatic carbocycles. The molecule has 2 heterocycles. The highest BCUT2D eigenvalue weighted by Gasteiger charge is 2.30. The predicted octanol–water partition coefficient (Wildman–Crippen LogP) is 2.15. The average Bonchev–Trinajstić information content (AvgIpc) is 3.40. The van der Waals surface area contributed by atoms with E-state index in [1.807, 2.05) is 12.1 Å². The van der Waals surface area contributed by atoms with Crippen molar-refractivity contribution in [2.45, 2.75) is 25.2 Å². The Kier molecular flexibility index (Phi) is 3.18. The second-order valence-electron chi connectivity index (χ2n) is 5.99. The molecule has 1 aromatic heterocycles. The van der Waals surface area contributed by atoms with Gasteiger partial charge in [0.15, 0.2) is 0 Å².